The molecule has 0 aromatic heterocycles. The fourth-order valence-corrected chi connectivity index (χ4v) is 5.14. The van der Waals surface area contributed by atoms with Gasteiger partial charge in [-0.05, 0) is 12.8 Å². The maximum atomic E-state index is 12.4. The summed E-state index contributed by atoms with van der Waals surface area (Å²) < 4.78 is 32.4. The first-order valence-electron chi connectivity index (χ1n) is 16.1. The predicted octanol–water partition coefficient (Wildman–Crippen LogP) is 7.05. The summed E-state index contributed by atoms with van der Waals surface area (Å²) in [6.07, 6.45) is 22.0. The Kier molecular flexibility index (Phi) is 27.4. The van der Waals surface area contributed by atoms with Crippen molar-refractivity contribution in [3.05, 3.63) is 0 Å². The quantitative estimate of drug-likeness (QED) is 0.0513. The van der Waals surface area contributed by atoms with Gasteiger partial charge in [-0.25, -0.2) is 4.57 Å². The lowest BCUT2D eigenvalue weighted by Gasteiger charge is -2.19. The number of phosphoric ester groups is 1. The van der Waals surface area contributed by atoms with Crippen molar-refractivity contribution in [1.82, 2.24) is 0 Å². The van der Waals surface area contributed by atoms with Crippen LogP contribution in [0.1, 0.15) is 149 Å². The Morgan fingerprint density at radius 3 is 1.55 bits per heavy atom. The van der Waals surface area contributed by atoms with Gasteiger partial charge < -0.3 is 20.1 Å². The van der Waals surface area contributed by atoms with Gasteiger partial charge in [0.2, 0.25) is 0 Å². The van der Waals surface area contributed by atoms with E-state index in [0.717, 1.165) is 38.5 Å². The van der Waals surface area contributed by atoms with E-state index in [2.05, 4.69) is 19.6 Å². The number of hydrogen-bond acceptors (Lipinski definition) is 7. The Morgan fingerprint density at radius 2 is 1.07 bits per heavy atom. The zero-order chi connectivity index (χ0) is 29.7. The molecule has 0 aliphatic carbocycles. The summed E-state index contributed by atoms with van der Waals surface area (Å²) in [6.45, 7) is 3.98. The van der Waals surface area contributed by atoms with E-state index in [0.29, 0.717) is 13.0 Å². The highest BCUT2D eigenvalue weighted by Crippen LogP contribution is 2.43. The number of carbonyl (C=O) groups excluding carboxylic acids is 2. The number of carbonyl (C=O) groups is 2. The second-order valence-electron chi connectivity index (χ2n) is 10.8. The highest BCUT2D eigenvalue weighted by atomic mass is 31.2. The minimum Gasteiger partial charge on any atom is -0.462 e. The van der Waals surface area contributed by atoms with Gasteiger partial charge in [-0.2, -0.15) is 0 Å². The van der Waals surface area contributed by atoms with Crippen molar-refractivity contribution in [2.45, 2.75) is 155 Å². The molecule has 40 heavy (non-hydrogen) atoms. The topological polar surface area (TPSA) is 136 Å². The van der Waals surface area contributed by atoms with E-state index < -0.39 is 26.5 Å². The first-order valence-corrected chi connectivity index (χ1v) is 17.6. The van der Waals surface area contributed by atoms with Crippen LogP contribution in [0.4, 0.5) is 0 Å². The SMILES string of the molecule is CCCCCCCCCCCCCCCCCC(=O)O[C@H](COC(=O)CCCCCC)COP(=O)(O)OCC[NH3+]. The van der Waals surface area contributed by atoms with Crippen LogP contribution in [0.2, 0.25) is 0 Å². The van der Waals surface area contributed by atoms with Gasteiger partial charge in [-0.1, -0.05) is 123 Å². The third-order valence-corrected chi connectivity index (χ3v) is 7.75. The summed E-state index contributed by atoms with van der Waals surface area (Å²) in [5.41, 5.74) is 3.55. The Hall–Kier alpha value is -0.990. The molecule has 0 amide bonds. The molecule has 0 bridgehead atoms. The summed E-state index contributed by atoms with van der Waals surface area (Å²) in [6, 6.07) is 0. The maximum Gasteiger partial charge on any atom is 0.472 e. The van der Waals surface area contributed by atoms with Crippen LogP contribution in [0.25, 0.3) is 0 Å². The molecule has 0 aliphatic heterocycles. The molecular weight excluding hydrogens is 533 g/mol. The van der Waals surface area contributed by atoms with Crippen LogP contribution in [-0.4, -0.2) is 49.3 Å². The van der Waals surface area contributed by atoms with Crippen molar-refractivity contribution in [3.63, 3.8) is 0 Å². The number of esters is 2. The lowest BCUT2D eigenvalue weighted by Crippen LogP contribution is -2.52. The van der Waals surface area contributed by atoms with Gasteiger partial charge in [-0.3, -0.25) is 18.6 Å². The number of rotatable bonds is 30. The van der Waals surface area contributed by atoms with Gasteiger partial charge in [-0.15, -0.1) is 0 Å². The molecule has 0 radical (unpaired) electrons. The first-order chi connectivity index (χ1) is 19.3. The second-order valence-corrected chi connectivity index (χ2v) is 12.2. The van der Waals surface area contributed by atoms with E-state index >= 15 is 0 Å². The number of hydrogen-bond donors (Lipinski definition) is 2. The fourth-order valence-electron chi connectivity index (χ4n) is 4.35. The van der Waals surface area contributed by atoms with Gasteiger partial charge in [0.25, 0.3) is 0 Å². The highest BCUT2D eigenvalue weighted by molar-refractivity contribution is 7.47. The molecular formula is C30H61NO8P+. The van der Waals surface area contributed by atoms with Gasteiger partial charge in [0, 0.05) is 12.8 Å². The van der Waals surface area contributed by atoms with E-state index in [1.165, 1.54) is 77.0 Å². The largest absolute Gasteiger partial charge is 0.472 e. The molecule has 0 aliphatic rings. The van der Waals surface area contributed by atoms with E-state index in [1.54, 1.807) is 0 Å². The summed E-state index contributed by atoms with van der Waals surface area (Å²) in [7, 11) is -4.30. The third-order valence-electron chi connectivity index (χ3n) is 6.77. The molecule has 238 valence electrons. The summed E-state index contributed by atoms with van der Waals surface area (Å²) >= 11 is 0. The normalized spacial score (nSPS) is 13.6. The summed E-state index contributed by atoms with van der Waals surface area (Å²) in [5.74, 6) is -0.825. The molecule has 0 aromatic carbocycles. The minimum absolute atomic E-state index is 0.0375. The zero-order valence-electron chi connectivity index (χ0n) is 25.7. The standard InChI is InChI=1S/C30H60NO8P/c1-3-5-7-9-10-11-12-13-14-15-16-17-18-19-21-23-30(33)39-28(27-38-40(34,35)37-25-24-31)26-36-29(32)22-20-8-6-4-2/h28H,3-27,31H2,1-2H3,(H,34,35)/p+1/t28-/m1/s1. The van der Waals surface area contributed by atoms with Crippen molar-refractivity contribution in [2.75, 3.05) is 26.4 Å². The first kappa shape index (κ1) is 39.0. The van der Waals surface area contributed by atoms with E-state index in [4.69, 9.17) is 18.5 Å². The van der Waals surface area contributed by atoms with E-state index in [-0.39, 0.29) is 32.0 Å². The molecule has 0 spiro atoms. The molecule has 9 nitrogen and oxygen atoms in total. The third kappa shape index (κ3) is 27.2. The van der Waals surface area contributed by atoms with Crippen LogP contribution in [-0.2, 0) is 32.7 Å². The fraction of sp³-hybridized carbons (Fsp3) is 0.933. The number of unbranched alkanes of at least 4 members (excludes halogenated alkanes) is 17. The van der Waals surface area contributed by atoms with Crippen LogP contribution < -0.4 is 5.73 Å². The molecule has 0 fully saturated rings. The Labute approximate surface area is 244 Å². The van der Waals surface area contributed by atoms with Crippen molar-refractivity contribution in [1.29, 1.82) is 0 Å². The van der Waals surface area contributed by atoms with Gasteiger partial charge >= 0.3 is 19.8 Å². The Bertz CT molecular complexity index is 649. The van der Waals surface area contributed by atoms with Crippen molar-refractivity contribution >= 4 is 19.8 Å². The van der Waals surface area contributed by atoms with Gasteiger partial charge in [0.15, 0.2) is 6.10 Å². The minimum atomic E-state index is -4.30. The van der Waals surface area contributed by atoms with Crippen LogP contribution in [0.5, 0.6) is 0 Å². The zero-order valence-corrected chi connectivity index (χ0v) is 26.6. The Morgan fingerprint density at radius 1 is 0.650 bits per heavy atom. The summed E-state index contributed by atoms with van der Waals surface area (Å²) in [4.78, 5) is 34.2. The average Bonchev–Trinajstić information content (AvgIpc) is 2.93. The van der Waals surface area contributed by atoms with Crippen LogP contribution in [0.3, 0.4) is 0 Å². The van der Waals surface area contributed by atoms with Crippen LogP contribution in [0.15, 0.2) is 0 Å². The Balaban J connectivity index is 4.12. The number of quaternary nitrogens is 1. The van der Waals surface area contributed by atoms with Crippen molar-refractivity contribution < 1.29 is 43.3 Å². The second kappa shape index (κ2) is 28.1. The smallest absolute Gasteiger partial charge is 0.462 e. The maximum absolute atomic E-state index is 12.4. The average molecular weight is 595 g/mol. The number of phosphoric acid groups is 1. The molecule has 10 heteroatoms. The van der Waals surface area contributed by atoms with E-state index in [9.17, 15) is 19.0 Å². The highest BCUT2D eigenvalue weighted by Gasteiger charge is 2.26. The predicted molar refractivity (Wildman–Crippen MR) is 159 cm³/mol. The van der Waals surface area contributed by atoms with Crippen molar-refractivity contribution in [2.24, 2.45) is 0 Å². The molecule has 0 saturated carbocycles. The van der Waals surface area contributed by atoms with Crippen LogP contribution in [0, 0.1) is 0 Å². The molecule has 4 N–H and O–H groups in total. The molecule has 0 rings (SSSR count). The monoisotopic (exact) mass is 594 g/mol. The van der Waals surface area contributed by atoms with Gasteiger partial charge in [0.05, 0.1) is 13.2 Å². The number of ether oxygens (including phenoxy) is 2. The molecule has 0 heterocycles. The molecule has 0 saturated heterocycles. The van der Waals surface area contributed by atoms with Crippen LogP contribution >= 0.6 is 7.82 Å². The molecule has 1 unspecified atom stereocenters. The van der Waals surface area contributed by atoms with Crippen molar-refractivity contribution in [3.8, 4) is 0 Å². The molecule has 0 aromatic rings. The molecule has 2 atom stereocenters. The summed E-state index contributed by atoms with van der Waals surface area (Å²) in [5, 5.41) is 0. The van der Waals surface area contributed by atoms with Gasteiger partial charge in [0.1, 0.15) is 13.2 Å². The lowest BCUT2D eigenvalue weighted by molar-refractivity contribution is -0.371. The van der Waals surface area contributed by atoms with E-state index in [1.807, 2.05) is 0 Å². The lowest BCUT2D eigenvalue weighted by atomic mass is 10.0.